The van der Waals surface area contributed by atoms with Crippen molar-refractivity contribution in [3.8, 4) is 0 Å². The summed E-state index contributed by atoms with van der Waals surface area (Å²) in [6.07, 6.45) is 0. The summed E-state index contributed by atoms with van der Waals surface area (Å²) in [6, 6.07) is 6.03. The van der Waals surface area contributed by atoms with E-state index in [1.165, 1.54) is 12.1 Å². The molecular weight excluding hydrogens is 186 g/mol. The molecule has 0 fully saturated rings. The second-order valence-corrected chi connectivity index (χ2v) is 4.65. The van der Waals surface area contributed by atoms with Gasteiger partial charge in [0, 0.05) is 22.8 Å². The van der Waals surface area contributed by atoms with Crippen LogP contribution >= 0.6 is 10.7 Å². The summed E-state index contributed by atoms with van der Waals surface area (Å²) in [5.41, 5.74) is 4.36. The average Bonchev–Trinajstić information content (AvgIpc) is 1.86. The van der Waals surface area contributed by atoms with Crippen LogP contribution in [0.4, 0.5) is 5.69 Å². The van der Waals surface area contributed by atoms with E-state index in [1.54, 1.807) is 12.1 Å². The van der Waals surface area contributed by atoms with Crippen molar-refractivity contribution in [2.75, 3.05) is 0 Å². The first-order chi connectivity index (χ1) is 5.00. The first-order valence-electron chi connectivity index (χ1n) is 2.87. The zero-order valence-electron chi connectivity index (χ0n) is 5.62. The fraction of sp³-hybridized carbons (Fsp3) is 0. The van der Waals surface area contributed by atoms with E-state index in [0.717, 1.165) is 5.69 Å². The van der Waals surface area contributed by atoms with Crippen molar-refractivity contribution in [1.82, 2.24) is 0 Å². The van der Waals surface area contributed by atoms with Crippen LogP contribution in [0.3, 0.4) is 0 Å². The molecular formula is C6H7ClNO2S+. The smallest absolute Gasteiger partial charge is 0.261 e. The van der Waals surface area contributed by atoms with E-state index in [4.69, 9.17) is 10.7 Å². The maximum atomic E-state index is 10.7. The Hall–Kier alpha value is -0.580. The van der Waals surface area contributed by atoms with Gasteiger partial charge in [0.2, 0.25) is 0 Å². The highest BCUT2D eigenvalue weighted by Gasteiger charge is 2.08. The lowest BCUT2D eigenvalue weighted by Crippen LogP contribution is -2.39. The maximum Gasteiger partial charge on any atom is 0.261 e. The van der Waals surface area contributed by atoms with Crippen molar-refractivity contribution in [3.63, 3.8) is 0 Å². The monoisotopic (exact) mass is 192 g/mol. The summed E-state index contributed by atoms with van der Waals surface area (Å²) in [5, 5.41) is 0. The first-order valence-corrected chi connectivity index (χ1v) is 5.18. The van der Waals surface area contributed by atoms with E-state index in [9.17, 15) is 8.42 Å². The Kier molecular flexibility index (Phi) is 2.17. The van der Waals surface area contributed by atoms with Crippen LogP contribution in [0.2, 0.25) is 0 Å². The van der Waals surface area contributed by atoms with Gasteiger partial charge in [-0.05, 0) is 12.1 Å². The highest BCUT2D eigenvalue weighted by atomic mass is 35.7. The first kappa shape index (κ1) is 8.52. The third kappa shape index (κ3) is 2.18. The zero-order chi connectivity index (χ0) is 8.48. The van der Waals surface area contributed by atoms with Crippen LogP contribution < -0.4 is 5.73 Å². The second-order valence-electron chi connectivity index (χ2n) is 2.08. The average molecular weight is 193 g/mol. The minimum absolute atomic E-state index is 0.103. The van der Waals surface area contributed by atoms with Gasteiger partial charge in [0.25, 0.3) is 9.05 Å². The van der Waals surface area contributed by atoms with Gasteiger partial charge in [0.15, 0.2) is 0 Å². The Labute approximate surface area is 69.2 Å². The summed E-state index contributed by atoms with van der Waals surface area (Å²) >= 11 is 0. The summed E-state index contributed by atoms with van der Waals surface area (Å²) in [4.78, 5) is 0.103. The molecule has 0 spiro atoms. The predicted octanol–water partition coefficient (Wildman–Crippen LogP) is 0.487. The van der Waals surface area contributed by atoms with Crippen molar-refractivity contribution in [2.24, 2.45) is 0 Å². The van der Waals surface area contributed by atoms with Crippen molar-refractivity contribution >= 4 is 25.4 Å². The fourth-order valence-electron chi connectivity index (χ4n) is 0.652. The molecule has 1 aromatic carbocycles. The Morgan fingerprint density at radius 1 is 1.18 bits per heavy atom. The summed E-state index contributed by atoms with van der Waals surface area (Å²) in [5.74, 6) is 0. The quantitative estimate of drug-likeness (QED) is 0.659. The molecule has 3 nitrogen and oxygen atoms in total. The van der Waals surface area contributed by atoms with Crippen LogP contribution in [0, 0.1) is 0 Å². The minimum atomic E-state index is -3.58. The Bertz CT molecular complexity index is 343. The second kappa shape index (κ2) is 2.81. The normalized spacial score (nSPS) is 11.5. The largest absolute Gasteiger partial charge is 0.325 e. The number of hydrogen-bond acceptors (Lipinski definition) is 2. The third-order valence-electron chi connectivity index (χ3n) is 1.20. The molecule has 0 amide bonds. The van der Waals surface area contributed by atoms with E-state index in [2.05, 4.69) is 5.73 Å². The van der Waals surface area contributed by atoms with Crippen molar-refractivity contribution in [2.45, 2.75) is 4.90 Å². The van der Waals surface area contributed by atoms with Gasteiger partial charge in [0.05, 0.1) is 4.90 Å². The Balaban J connectivity index is 3.20. The van der Waals surface area contributed by atoms with E-state index in [1.807, 2.05) is 0 Å². The third-order valence-corrected chi connectivity index (χ3v) is 2.57. The molecule has 3 N–H and O–H groups in total. The summed E-state index contributed by atoms with van der Waals surface area (Å²) in [7, 11) is 1.49. The Morgan fingerprint density at radius 3 is 2.00 bits per heavy atom. The topological polar surface area (TPSA) is 61.8 Å². The van der Waals surface area contributed by atoms with Gasteiger partial charge in [-0.15, -0.1) is 0 Å². The predicted molar refractivity (Wildman–Crippen MR) is 42.0 cm³/mol. The van der Waals surface area contributed by atoms with Crippen LogP contribution in [0.1, 0.15) is 0 Å². The van der Waals surface area contributed by atoms with E-state index in [-0.39, 0.29) is 4.90 Å². The number of benzene rings is 1. The van der Waals surface area contributed by atoms with Gasteiger partial charge in [0.1, 0.15) is 5.69 Å². The number of quaternary nitrogens is 1. The lowest BCUT2D eigenvalue weighted by molar-refractivity contribution is -0.254. The molecule has 0 aromatic heterocycles. The molecule has 0 aliphatic heterocycles. The van der Waals surface area contributed by atoms with Crippen LogP contribution in [0.25, 0.3) is 0 Å². The number of rotatable bonds is 1. The highest BCUT2D eigenvalue weighted by Crippen LogP contribution is 2.14. The molecule has 0 aliphatic rings. The molecule has 0 atom stereocenters. The van der Waals surface area contributed by atoms with Gasteiger partial charge < -0.3 is 5.73 Å². The molecule has 1 rings (SSSR count). The maximum absolute atomic E-state index is 10.7. The fourth-order valence-corrected chi connectivity index (χ4v) is 1.42. The van der Waals surface area contributed by atoms with Crippen molar-refractivity contribution in [3.05, 3.63) is 24.3 Å². The standard InChI is InChI=1S/C6H6ClNO2S/c7-11(9,10)6-3-1-5(8)2-4-6/h1-4H,8H2/p+1. The summed E-state index contributed by atoms with van der Waals surface area (Å²) < 4.78 is 21.4. The van der Waals surface area contributed by atoms with Crippen LogP contribution in [0.5, 0.6) is 0 Å². The van der Waals surface area contributed by atoms with Gasteiger partial charge in [-0.1, -0.05) is 0 Å². The van der Waals surface area contributed by atoms with Crippen molar-refractivity contribution < 1.29 is 14.2 Å². The zero-order valence-corrected chi connectivity index (χ0v) is 7.19. The molecule has 0 bridgehead atoms. The van der Waals surface area contributed by atoms with Crippen LogP contribution in [0.15, 0.2) is 29.2 Å². The molecule has 0 heterocycles. The van der Waals surface area contributed by atoms with Crippen LogP contribution in [-0.4, -0.2) is 8.42 Å². The Morgan fingerprint density at radius 2 is 1.64 bits per heavy atom. The molecule has 0 aliphatic carbocycles. The minimum Gasteiger partial charge on any atom is -0.325 e. The lowest BCUT2D eigenvalue weighted by atomic mass is 10.3. The van der Waals surface area contributed by atoms with E-state index in [0.29, 0.717) is 0 Å². The number of hydrogen-bond donors (Lipinski definition) is 1. The summed E-state index contributed by atoms with van der Waals surface area (Å²) in [6.45, 7) is 0. The van der Waals surface area contributed by atoms with Gasteiger partial charge >= 0.3 is 0 Å². The molecule has 0 saturated heterocycles. The molecule has 5 heteroatoms. The van der Waals surface area contributed by atoms with Crippen molar-refractivity contribution in [1.29, 1.82) is 0 Å². The van der Waals surface area contributed by atoms with Crippen LogP contribution in [-0.2, 0) is 9.05 Å². The molecule has 11 heavy (non-hydrogen) atoms. The van der Waals surface area contributed by atoms with E-state index >= 15 is 0 Å². The molecule has 0 saturated carbocycles. The van der Waals surface area contributed by atoms with E-state index < -0.39 is 9.05 Å². The highest BCUT2D eigenvalue weighted by molar-refractivity contribution is 8.13. The van der Waals surface area contributed by atoms with Gasteiger partial charge in [-0.2, -0.15) is 0 Å². The number of halogens is 1. The molecule has 0 radical (unpaired) electrons. The van der Waals surface area contributed by atoms with Gasteiger partial charge in [-0.3, -0.25) is 0 Å². The SMILES string of the molecule is [NH3+]c1ccc(S(=O)(=O)Cl)cc1. The van der Waals surface area contributed by atoms with Gasteiger partial charge in [-0.25, -0.2) is 8.42 Å². The molecule has 60 valence electrons. The molecule has 1 aromatic rings. The molecule has 0 unspecified atom stereocenters. The lowest BCUT2D eigenvalue weighted by Gasteiger charge is -1.92.